The van der Waals surface area contributed by atoms with Crippen LogP contribution >= 0.6 is 0 Å². The number of hydrogen-bond acceptors (Lipinski definition) is 0. The average Bonchev–Trinajstić information content (AvgIpc) is 2.81. The molecule has 0 heteroatoms. The largest absolute Gasteiger partial charge is 0.0991 e. The van der Waals surface area contributed by atoms with Crippen LogP contribution in [0.15, 0.2) is 195 Å². The van der Waals surface area contributed by atoms with Crippen molar-refractivity contribution in [3.8, 4) is 0 Å². The monoisotopic (exact) mass is 418 g/mol. The van der Waals surface area contributed by atoms with Crippen LogP contribution in [0.2, 0.25) is 0 Å². The molecule has 162 valence electrons. The molecule has 0 spiro atoms. The first kappa shape index (κ1) is 27.8. The highest BCUT2D eigenvalue weighted by molar-refractivity contribution is 5.24. The molecular formula is C32H34. The summed E-state index contributed by atoms with van der Waals surface area (Å²) in [6.45, 7) is 7.23. The van der Waals surface area contributed by atoms with Gasteiger partial charge in [0.2, 0.25) is 0 Å². The van der Waals surface area contributed by atoms with Gasteiger partial charge < -0.3 is 0 Å². The third-order valence-corrected chi connectivity index (χ3v) is 3.27. The fourth-order valence-corrected chi connectivity index (χ4v) is 1.83. The van der Waals surface area contributed by atoms with Crippen LogP contribution in [0.5, 0.6) is 0 Å². The van der Waals surface area contributed by atoms with Gasteiger partial charge in [-0.15, -0.1) is 0 Å². The van der Waals surface area contributed by atoms with Crippen molar-refractivity contribution in [2.75, 3.05) is 0 Å². The highest BCUT2D eigenvalue weighted by Gasteiger charge is 1.66. The molecule has 0 aliphatic heterocycles. The molecule has 0 aliphatic rings. The first-order valence-corrected chi connectivity index (χ1v) is 10.5. The second-order valence-corrected chi connectivity index (χ2v) is 5.86. The molecule has 0 N–H and O–H groups in total. The molecule has 0 aromatic carbocycles. The minimum Gasteiger partial charge on any atom is -0.0991 e. The third-order valence-electron chi connectivity index (χ3n) is 3.27. The van der Waals surface area contributed by atoms with Crippen LogP contribution in [0, 0.1) is 0 Å². The summed E-state index contributed by atoms with van der Waals surface area (Å²) in [6, 6.07) is 0. The Bertz CT molecular complexity index is 814. The van der Waals surface area contributed by atoms with Gasteiger partial charge in [-0.3, -0.25) is 0 Å². The van der Waals surface area contributed by atoms with Crippen molar-refractivity contribution in [1.29, 1.82) is 0 Å². The van der Waals surface area contributed by atoms with E-state index in [2.05, 4.69) is 13.2 Å². The zero-order valence-electron chi connectivity index (χ0n) is 18.7. The fraction of sp³-hybridized carbons (Fsp3) is 0. The van der Waals surface area contributed by atoms with Crippen LogP contribution < -0.4 is 0 Å². The van der Waals surface area contributed by atoms with Crippen molar-refractivity contribution >= 4 is 0 Å². The zero-order chi connectivity index (χ0) is 23.2. The lowest BCUT2D eigenvalue weighted by Crippen LogP contribution is -1.54. The summed E-state index contributed by atoms with van der Waals surface area (Å²) >= 11 is 0. The molecule has 0 atom stereocenters. The van der Waals surface area contributed by atoms with E-state index in [1.54, 1.807) is 12.2 Å². The highest BCUT2D eigenvalue weighted by Crippen LogP contribution is 1.88. The topological polar surface area (TPSA) is 0 Å². The van der Waals surface area contributed by atoms with Gasteiger partial charge in [0.25, 0.3) is 0 Å². The molecule has 0 aromatic rings. The van der Waals surface area contributed by atoms with Gasteiger partial charge in [0, 0.05) is 0 Å². The van der Waals surface area contributed by atoms with E-state index in [0.717, 1.165) is 0 Å². The van der Waals surface area contributed by atoms with E-state index in [0.29, 0.717) is 0 Å². The Morgan fingerprint density at radius 2 is 0.250 bits per heavy atom. The highest BCUT2D eigenvalue weighted by atomic mass is 13.7. The molecule has 0 heterocycles. The summed E-state index contributed by atoms with van der Waals surface area (Å²) in [7, 11) is 0. The van der Waals surface area contributed by atoms with Gasteiger partial charge in [-0.25, -0.2) is 0 Å². The molecule has 32 heavy (non-hydrogen) atoms. The molecule has 0 aromatic heterocycles. The maximum absolute atomic E-state index is 3.61. The number of rotatable bonds is 15. The summed E-state index contributed by atoms with van der Waals surface area (Å²) in [4.78, 5) is 0. The molecule has 0 saturated carbocycles. The molecule has 0 nitrogen and oxygen atoms in total. The zero-order valence-corrected chi connectivity index (χ0v) is 18.7. The molecule has 0 aliphatic carbocycles. The molecule has 0 rings (SSSR count). The van der Waals surface area contributed by atoms with Gasteiger partial charge >= 0.3 is 0 Å². The van der Waals surface area contributed by atoms with Crippen molar-refractivity contribution in [2.24, 2.45) is 0 Å². The van der Waals surface area contributed by atoms with Crippen LogP contribution in [0.25, 0.3) is 0 Å². The van der Waals surface area contributed by atoms with E-state index >= 15 is 0 Å². The Balaban J connectivity index is 3.98. The minimum absolute atomic E-state index is 1.75. The van der Waals surface area contributed by atoms with E-state index < -0.39 is 0 Å². The van der Waals surface area contributed by atoms with Crippen LogP contribution in [-0.4, -0.2) is 0 Å². The molecular weight excluding hydrogens is 384 g/mol. The van der Waals surface area contributed by atoms with Gasteiger partial charge in [0.15, 0.2) is 0 Å². The molecule has 0 unspecified atom stereocenters. The minimum atomic E-state index is 1.75. The first-order valence-electron chi connectivity index (χ1n) is 10.5. The standard InChI is InChI=1S/C32H34/c1-3-5-7-9-11-13-15-17-19-21-23-25-27-29-31-32-30-28-26-24-22-20-18-16-14-12-10-8-6-4-2/h3-32H,1-2H2. The van der Waals surface area contributed by atoms with E-state index in [1.165, 1.54) is 0 Å². The van der Waals surface area contributed by atoms with Gasteiger partial charge in [-0.1, -0.05) is 195 Å². The van der Waals surface area contributed by atoms with Gasteiger partial charge in [-0.2, -0.15) is 0 Å². The maximum atomic E-state index is 3.61. The fourth-order valence-electron chi connectivity index (χ4n) is 1.83. The number of hydrogen-bond donors (Lipinski definition) is 0. The second kappa shape index (κ2) is 26.8. The van der Waals surface area contributed by atoms with E-state index in [4.69, 9.17) is 0 Å². The van der Waals surface area contributed by atoms with Crippen molar-refractivity contribution in [3.63, 3.8) is 0 Å². The van der Waals surface area contributed by atoms with E-state index in [9.17, 15) is 0 Å². The van der Waals surface area contributed by atoms with Gasteiger partial charge in [0.05, 0.1) is 0 Å². The van der Waals surface area contributed by atoms with Crippen LogP contribution in [0.3, 0.4) is 0 Å². The van der Waals surface area contributed by atoms with Crippen LogP contribution in [0.1, 0.15) is 0 Å². The third kappa shape index (κ3) is 25.8. The lowest BCUT2D eigenvalue weighted by Gasteiger charge is -1.76. The first-order chi connectivity index (χ1) is 15.9. The Morgan fingerprint density at radius 3 is 0.344 bits per heavy atom. The van der Waals surface area contributed by atoms with Gasteiger partial charge in [0.1, 0.15) is 0 Å². The summed E-state index contributed by atoms with van der Waals surface area (Å²) in [5, 5.41) is 0. The van der Waals surface area contributed by atoms with Crippen LogP contribution in [-0.2, 0) is 0 Å². The SMILES string of the molecule is C=CC=CC=CC=CC=CC=CC=CC=CC=CC=CC=CC=CC=CC=CC=CC=C. The van der Waals surface area contributed by atoms with Crippen LogP contribution in [0.4, 0.5) is 0 Å². The maximum Gasteiger partial charge on any atom is -0.0623 e. The van der Waals surface area contributed by atoms with Crippen molar-refractivity contribution in [3.05, 3.63) is 195 Å². The molecule has 0 saturated heterocycles. The van der Waals surface area contributed by atoms with Crippen molar-refractivity contribution in [1.82, 2.24) is 0 Å². The summed E-state index contributed by atoms with van der Waals surface area (Å²) in [5.41, 5.74) is 0. The summed E-state index contributed by atoms with van der Waals surface area (Å²) in [6.07, 6.45) is 58.8. The Labute approximate surface area is 195 Å². The molecule has 0 fully saturated rings. The average molecular weight is 419 g/mol. The summed E-state index contributed by atoms with van der Waals surface area (Å²) < 4.78 is 0. The second-order valence-electron chi connectivity index (χ2n) is 5.86. The lowest BCUT2D eigenvalue weighted by molar-refractivity contribution is 1.81. The smallest absolute Gasteiger partial charge is 0.0623 e. The lowest BCUT2D eigenvalue weighted by atomic mass is 10.3. The molecule has 0 bridgehead atoms. The predicted molar refractivity (Wildman–Crippen MR) is 148 cm³/mol. The summed E-state index contributed by atoms with van der Waals surface area (Å²) in [5.74, 6) is 0. The van der Waals surface area contributed by atoms with Crippen molar-refractivity contribution < 1.29 is 0 Å². The molecule has 0 amide bonds. The predicted octanol–water partition coefficient (Wildman–Crippen LogP) is 9.15. The van der Waals surface area contributed by atoms with Gasteiger partial charge in [-0.05, 0) is 0 Å². The number of allylic oxidation sites excluding steroid dienone is 30. The van der Waals surface area contributed by atoms with Crippen molar-refractivity contribution in [2.45, 2.75) is 0 Å². The normalized spacial score (nSPS) is 14.6. The molecule has 0 radical (unpaired) electrons. The van der Waals surface area contributed by atoms with E-state index in [-0.39, 0.29) is 0 Å². The Hall–Kier alpha value is -4.16. The Kier molecular flexibility index (Phi) is 23.4. The Morgan fingerprint density at radius 1 is 0.156 bits per heavy atom. The quantitative estimate of drug-likeness (QED) is 0.233. The van der Waals surface area contributed by atoms with E-state index in [1.807, 2.05) is 170 Å².